The molecule has 0 radical (unpaired) electrons. The van der Waals surface area contributed by atoms with Crippen molar-refractivity contribution in [2.24, 2.45) is 0 Å². The van der Waals surface area contributed by atoms with Crippen LogP contribution in [0.25, 0.3) is 0 Å². The first-order valence-electron chi connectivity index (χ1n) is 1.28. The van der Waals surface area contributed by atoms with Gasteiger partial charge in [-0.15, -0.1) is 0 Å². The molecule has 0 amide bonds. The molecule has 0 saturated carbocycles. The van der Waals surface area contributed by atoms with Gasteiger partial charge in [0, 0.05) is 0 Å². The van der Waals surface area contributed by atoms with Crippen LogP contribution in [0.2, 0.25) is 0 Å². The monoisotopic (exact) mass is 252 g/mol. The van der Waals surface area contributed by atoms with Gasteiger partial charge in [-0.05, 0) is 0 Å². The molecule has 0 saturated heterocycles. The molecule has 0 aliphatic carbocycles. The Morgan fingerprint density at radius 1 is 1.20 bits per heavy atom. The van der Waals surface area contributed by atoms with Gasteiger partial charge in [-0.1, -0.05) is 0 Å². The predicted molar refractivity (Wildman–Crippen MR) is 17.7 cm³/mol. The standard InChI is InChI=1S/2C2H.Hg/c2*1-2;/h2*1H;. The summed E-state index contributed by atoms with van der Waals surface area (Å²) in [7, 11) is 0. The van der Waals surface area contributed by atoms with E-state index in [1.54, 1.807) is 0 Å². The SMILES string of the molecule is C#[C][Hg][C]#C. The molecule has 0 unspecified atom stereocenters. The van der Waals surface area contributed by atoms with Gasteiger partial charge in [-0.25, -0.2) is 0 Å². The molecule has 0 aromatic carbocycles. The van der Waals surface area contributed by atoms with Crippen molar-refractivity contribution in [1.29, 1.82) is 0 Å². The van der Waals surface area contributed by atoms with Crippen molar-refractivity contribution in [3.8, 4) is 19.7 Å². The Hall–Kier alpha value is 0.0551. The molecule has 0 nitrogen and oxygen atoms in total. The van der Waals surface area contributed by atoms with Crippen LogP contribution in [0, 0.1) is 19.7 Å². The van der Waals surface area contributed by atoms with Crippen molar-refractivity contribution in [1.82, 2.24) is 0 Å². The molecule has 1 heteroatoms. The molecule has 20 valence electrons. The van der Waals surface area contributed by atoms with E-state index in [-0.39, 0.29) is 0 Å². The molecular weight excluding hydrogens is 249 g/mol. The zero-order valence-corrected chi connectivity index (χ0v) is 8.36. The van der Waals surface area contributed by atoms with Gasteiger partial charge in [0.25, 0.3) is 0 Å². The Kier molecular flexibility index (Phi) is 4.10. The topological polar surface area (TPSA) is 0 Å². The van der Waals surface area contributed by atoms with Crippen LogP contribution in [0.1, 0.15) is 0 Å². The third-order valence-electron chi connectivity index (χ3n) is 0.204. The zero-order chi connectivity index (χ0) is 4.12. The molecule has 0 rings (SSSR count). The Balaban J connectivity index is 2.86. The molecule has 0 spiro atoms. The second kappa shape index (κ2) is 4.06. The van der Waals surface area contributed by atoms with Gasteiger partial charge in [0.1, 0.15) is 0 Å². The molecular formula is C4H2Hg. The minimum absolute atomic E-state index is 1.09. The van der Waals surface area contributed by atoms with E-state index in [1.807, 2.05) is 0 Å². The van der Waals surface area contributed by atoms with Crippen molar-refractivity contribution >= 4 is 0 Å². The molecule has 5 heavy (non-hydrogen) atoms. The number of terminal acetylenes is 2. The van der Waals surface area contributed by atoms with Crippen LogP contribution in [0.4, 0.5) is 0 Å². The number of hydrogen-bond donors (Lipinski definition) is 0. The van der Waals surface area contributed by atoms with E-state index in [9.17, 15) is 0 Å². The van der Waals surface area contributed by atoms with Crippen LogP contribution < -0.4 is 0 Å². The third kappa shape index (κ3) is 4.06. The summed E-state index contributed by atoms with van der Waals surface area (Å²) in [6.45, 7) is 0. The van der Waals surface area contributed by atoms with Gasteiger partial charge in [-0.3, -0.25) is 0 Å². The van der Waals surface area contributed by atoms with Crippen LogP contribution in [0.3, 0.4) is 0 Å². The first-order chi connectivity index (χ1) is 2.41. The summed E-state index contributed by atoms with van der Waals surface area (Å²) in [5.41, 5.74) is 0. The van der Waals surface area contributed by atoms with Crippen molar-refractivity contribution in [3.05, 3.63) is 0 Å². The van der Waals surface area contributed by atoms with E-state index in [0.717, 1.165) is 0 Å². The average molecular weight is 251 g/mol. The zero-order valence-electron chi connectivity index (χ0n) is 2.86. The fourth-order valence-electron chi connectivity index (χ4n) is 0.0589. The van der Waals surface area contributed by atoms with E-state index in [1.165, 1.54) is 0 Å². The Labute approximate surface area is 44.4 Å². The average Bonchev–Trinajstić information content (AvgIpc) is 1.41. The van der Waals surface area contributed by atoms with E-state index in [4.69, 9.17) is 12.8 Å². The van der Waals surface area contributed by atoms with E-state index in [2.05, 4.69) is 6.86 Å². The summed E-state index contributed by atoms with van der Waals surface area (Å²) >= 11 is -1.09. The van der Waals surface area contributed by atoms with Crippen molar-refractivity contribution in [2.75, 3.05) is 0 Å². The van der Waals surface area contributed by atoms with Gasteiger partial charge in [-0.2, -0.15) is 0 Å². The summed E-state index contributed by atoms with van der Waals surface area (Å²) < 4.78 is 5.01. The summed E-state index contributed by atoms with van der Waals surface area (Å²) in [6, 6.07) is 0. The molecule has 0 heterocycles. The fourth-order valence-corrected chi connectivity index (χ4v) is 0.517. The molecule has 0 fully saturated rings. The normalized spacial score (nSPS) is 2.80. The van der Waals surface area contributed by atoms with E-state index < -0.39 is 24.6 Å². The molecule has 0 atom stereocenters. The summed E-state index contributed by atoms with van der Waals surface area (Å²) in [5, 5.41) is 0. The Morgan fingerprint density at radius 2 is 1.60 bits per heavy atom. The number of hydrogen-bond acceptors (Lipinski definition) is 0. The molecule has 0 aliphatic rings. The van der Waals surface area contributed by atoms with Gasteiger partial charge in [0.15, 0.2) is 0 Å². The van der Waals surface area contributed by atoms with Crippen LogP contribution >= 0.6 is 0 Å². The van der Waals surface area contributed by atoms with Gasteiger partial charge in [0.05, 0.1) is 0 Å². The van der Waals surface area contributed by atoms with Crippen LogP contribution in [0.15, 0.2) is 0 Å². The minimum atomic E-state index is -1.09. The summed E-state index contributed by atoms with van der Waals surface area (Å²) in [5.74, 6) is 0. The van der Waals surface area contributed by atoms with Gasteiger partial charge >= 0.3 is 44.3 Å². The predicted octanol–water partition coefficient (Wildman–Crippen LogP) is 0.250. The summed E-state index contributed by atoms with van der Waals surface area (Å²) in [6.07, 6.45) is 9.69. The van der Waals surface area contributed by atoms with E-state index in [0.29, 0.717) is 0 Å². The Morgan fingerprint density at radius 3 is 1.60 bits per heavy atom. The third-order valence-corrected chi connectivity index (χ3v) is 1.79. The quantitative estimate of drug-likeness (QED) is 0.427. The van der Waals surface area contributed by atoms with Gasteiger partial charge < -0.3 is 0 Å². The second-order valence-electron chi connectivity index (χ2n) is 0.585. The maximum atomic E-state index is 4.85. The van der Waals surface area contributed by atoms with Crippen molar-refractivity contribution in [3.63, 3.8) is 0 Å². The first kappa shape index (κ1) is 5.06. The first-order valence-corrected chi connectivity index (χ1v) is 6.78. The molecule has 0 N–H and O–H groups in total. The van der Waals surface area contributed by atoms with Crippen molar-refractivity contribution in [2.45, 2.75) is 0 Å². The van der Waals surface area contributed by atoms with Gasteiger partial charge in [0.2, 0.25) is 0 Å². The van der Waals surface area contributed by atoms with E-state index >= 15 is 0 Å². The Bertz CT molecular complexity index is 68.8. The van der Waals surface area contributed by atoms with Crippen LogP contribution in [0.5, 0.6) is 0 Å². The molecule has 0 aromatic heterocycles. The number of rotatable bonds is 0. The second-order valence-corrected chi connectivity index (χ2v) is 5.13. The molecule has 0 aromatic rings. The molecule has 0 bridgehead atoms. The summed E-state index contributed by atoms with van der Waals surface area (Å²) in [4.78, 5) is 0. The van der Waals surface area contributed by atoms with Crippen molar-refractivity contribution < 1.29 is 24.6 Å². The van der Waals surface area contributed by atoms with Crippen LogP contribution in [-0.4, -0.2) is 0 Å². The molecule has 0 aliphatic heterocycles. The fraction of sp³-hybridized carbons (Fsp3) is 0. The van der Waals surface area contributed by atoms with Crippen LogP contribution in [-0.2, 0) is 24.6 Å². The maximum absolute atomic E-state index is 4.85.